The normalized spacial score (nSPS) is 10.9. The van der Waals surface area contributed by atoms with Crippen molar-refractivity contribution in [2.24, 2.45) is 5.73 Å². The van der Waals surface area contributed by atoms with Gasteiger partial charge in [-0.05, 0) is 30.2 Å². The highest BCUT2D eigenvalue weighted by molar-refractivity contribution is 5.91. The summed E-state index contributed by atoms with van der Waals surface area (Å²) in [6.07, 6.45) is 1.63. The second-order valence-corrected chi connectivity index (χ2v) is 6.92. The minimum Gasteiger partial charge on any atom is -0.481 e. The van der Waals surface area contributed by atoms with E-state index in [1.807, 2.05) is 87.5 Å². The molecule has 4 aromatic rings. The molecule has 2 heterocycles. The van der Waals surface area contributed by atoms with Gasteiger partial charge in [0.2, 0.25) is 0 Å². The molecular weight excluding hydrogens is 402 g/mol. The molecule has 0 bridgehead atoms. The first-order valence-electron chi connectivity index (χ1n) is 10.5. The smallest absolute Gasteiger partial charge is 0.300 e. The number of fused-ring (bicyclic) bond motifs is 1. The lowest BCUT2D eigenvalue weighted by Gasteiger charge is -2.12. The number of H-pyrrole nitrogens is 1. The van der Waals surface area contributed by atoms with Gasteiger partial charge in [0.05, 0.1) is 16.6 Å². The zero-order valence-electron chi connectivity index (χ0n) is 18.8. The van der Waals surface area contributed by atoms with Gasteiger partial charge in [-0.1, -0.05) is 68.4 Å². The molecule has 6 heteroatoms. The molecule has 0 radical (unpaired) electrons. The van der Waals surface area contributed by atoms with Crippen molar-refractivity contribution in [3.63, 3.8) is 0 Å². The van der Waals surface area contributed by atoms with Crippen LogP contribution in [0.25, 0.3) is 33.3 Å². The van der Waals surface area contributed by atoms with Gasteiger partial charge in [-0.15, -0.1) is 0 Å². The van der Waals surface area contributed by atoms with E-state index in [9.17, 15) is 4.79 Å². The van der Waals surface area contributed by atoms with Crippen LogP contribution in [0.2, 0.25) is 0 Å². The van der Waals surface area contributed by atoms with Gasteiger partial charge >= 0.3 is 0 Å². The fourth-order valence-corrected chi connectivity index (χ4v) is 3.11. The van der Waals surface area contributed by atoms with Crippen LogP contribution in [0, 0.1) is 0 Å². The van der Waals surface area contributed by atoms with E-state index in [4.69, 9.17) is 20.6 Å². The largest absolute Gasteiger partial charge is 0.481 e. The highest BCUT2D eigenvalue weighted by Crippen LogP contribution is 2.32. The summed E-state index contributed by atoms with van der Waals surface area (Å²) in [6, 6.07) is 21.9. The Labute approximate surface area is 187 Å². The number of nitrogens with one attached hydrogen (secondary N) is 1. The lowest BCUT2D eigenvalue weighted by atomic mass is 9.96. The number of carboxylic acid groups (broad SMARTS) is 1. The number of carboxylic acids is 1. The molecule has 2 aromatic carbocycles. The number of nitrogens with zero attached hydrogens (tertiary/aromatic N) is 1. The number of hydrogen-bond acceptors (Lipinski definition) is 4. The molecule has 0 amide bonds. The van der Waals surface area contributed by atoms with Crippen LogP contribution in [0.5, 0.6) is 0 Å². The highest BCUT2D eigenvalue weighted by Gasteiger charge is 2.13. The van der Waals surface area contributed by atoms with E-state index in [1.54, 1.807) is 6.20 Å². The number of pyridine rings is 2. The Morgan fingerprint density at radius 1 is 1.00 bits per heavy atom. The van der Waals surface area contributed by atoms with Crippen LogP contribution in [-0.2, 0) is 4.79 Å². The van der Waals surface area contributed by atoms with Crippen LogP contribution >= 0.6 is 0 Å². The quantitative estimate of drug-likeness (QED) is 0.403. The first-order chi connectivity index (χ1) is 15.4. The summed E-state index contributed by atoms with van der Waals surface area (Å²) in [5.74, 6) is -0.833. The maximum absolute atomic E-state index is 12.2. The Kier molecular flexibility index (Phi) is 8.86. The van der Waals surface area contributed by atoms with Gasteiger partial charge in [-0.3, -0.25) is 9.59 Å². The van der Waals surface area contributed by atoms with E-state index >= 15 is 0 Å². The number of nitrogens with two attached hydrogens (primary N) is 1. The van der Waals surface area contributed by atoms with Crippen molar-refractivity contribution in [1.82, 2.24) is 9.97 Å². The van der Waals surface area contributed by atoms with Crippen molar-refractivity contribution in [3.05, 3.63) is 88.8 Å². The molecule has 0 spiro atoms. The molecular formula is C26H29N3O3. The monoisotopic (exact) mass is 431 g/mol. The third-order valence-corrected chi connectivity index (χ3v) is 4.55. The average Bonchev–Trinajstić information content (AvgIpc) is 2.80. The molecule has 32 heavy (non-hydrogen) atoms. The number of hydrogen-bond donors (Lipinski definition) is 3. The molecule has 4 rings (SSSR count). The third-order valence-electron chi connectivity index (χ3n) is 4.55. The van der Waals surface area contributed by atoms with Crippen molar-refractivity contribution < 1.29 is 9.90 Å². The minimum absolute atomic E-state index is 0.0132. The van der Waals surface area contributed by atoms with Crippen molar-refractivity contribution >= 4 is 16.9 Å². The highest BCUT2D eigenvalue weighted by atomic mass is 16.4. The van der Waals surface area contributed by atoms with Crippen LogP contribution in [-0.4, -0.2) is 21.0 Å². The van der Waals surface area contributed by atoms with E-state index in [-0.39, 0.29) is 11.6 Å². The van der Waals surface area contributed by atoms with Gasteiger partial charge in [0, 0.05) is 30.3 Å². The topological polar surface area (TPSA) is 109 Å². The average molecular weight is 432 g/mol. The van der Waals surface area contributed by atoms with E-state index in [1.165, 1.54) is 0 Å². The Balaban J connectivity index is 0.000000547. The molecule has 0 fully saturated rings. The van der Waals surface area contributed by atoms with Crippen molar-refractivity contribution in [3.8, 4) is 22.4 Å². The molecule has 1 atom stereocenters. The van der Waals surface area contributed by atoms with Gasteiger partial charge in [-0.2, -0.15) is 0 Å². The van der Waals surface area contributed by atoms with Crippen LogP contribution in [0.1, 0.15) is 39.3 Å². The number of aromatic nitrogens is 2. The SMILES string of the molecule is CC.CC(=O)O.CC(N)c1ccc(-c2nc3cc[nH]c(=O)c3cc2-c2ccccc2)cc1. The van der Waals surface area contributed by atoms with E-state index < -0.39 is 5.97 Å². The van der Waals surface area contributed by atoms with Crippen LogP contribution < -0.4 is 11.3 Å². The number of carbonyl (C=O) groups is 1. The number of benzene rings is 2. The van der Waals surface area contributed by atoms with Crippen molar-refractivity contribution in [1.29, 1.82) is 0 Å². The molecule has 0 aliphatic rings. The third kappa shape index (κ3) is 6.12. The summed E-state index contributed by atoms with van der Waals surface area (Å²) in [7, 11) is 0. The first-order valence-corrected chi connectivity index (χ1v) is 10.5. The Morgan fingerprint density at radius 2 is 1.59 bits per heavy atom. The lowest BCUT2D eigenvalue weighted by molar-refractivity contribution is -0.134. The molecule has 6 nitrogen and oxygen atoms in total. The fraction of sp³-hybridized carbons (Fsp3) is 0.192. The summed E-state index contributed by atoms with van der Waals surface area (Å²) in [4.78, 5) is 28.7. The zero-order valence-corrected chi connectivity index (χ0v) is 18.8. The summed E-state index contributed by atoms with van der Waals surface area (Å²) in [5.41, 5.74) is 11.4. The zero-order chi connectivity index (χ0) is 23.7. The number of aliphatic carboxylic acids is 1. The molecule has 0 saturated heterocycles. The van der Waals surface area contributed by atoms with Gasteiger partial charge in [0.15, 0.2) is 0 Å². The molecule has 0 aliphatic carbocycles. The van der Waals surface area contributed by atoms with Gasteiger partial charge < -0.3 is 15.8 Å². The van der Waals surface area contributed by atoms with Gasteiger partial charge in [0.25, 0.3) is 11.5 Å². The van der Waals surface area contributed by atoms with Crippen molar-refractivity contribution in [2.45, 2.75) is 33.7 Å². The second kappa shape index (κ2) is 11.6. The Hall–Kier alpha value is -3.77. The van der Waals surface area contributed by atoms with E-state index in [0.717, 1.165) is 34.9 Å². The van der Waals surface area contributed by atoms with E-state index in [0.29, 0.717) is 10.9 Å². The first kappa shape index (κ1) is 24.5. The number of rotatable bonds is 3. The minimum atomic E-state index is -0.833. The maximum Gasteiger partial charge on any atom is 0.300 e. The maximum atomic E-state index is 12.2. The molecule has 1 unspecified atom stereocenters. The van der Waals surface area contributed by atoms with Crippen LogP contribution in [0.4, 0.5) is 0 Å². The van der Waals surface area contributed by atoms with Crippen LogP contribution in [0.15, 0.2) is 77.7 Å². The molecule has 0 saturated carbocycles. The molecule has 0 aliphatic heterocycles. The number of aromatic amines is 1. The molecule has 4 N–H and O–H groups in total. The van der Waals surface area contributed by atoms with E-state index in [2.05, 4.69) is 4.98 Å². The second-order valence-electron chi connectivity index (χ2n) is 6.92. The summed E-state index contributed by atoms with van der Waals surface area (Å²) in [5, 5.41) is 8.00. The Bertz CT molecular complexity index is 1210. The lowest BCUT2D eigenvalue weighted by Crippen LogP contribution is -2.06. The van der Waals surface area contributed by atoms with Crippen molar-refractivity contribution in [2.75, 3.05) is 0 Å². The molecule has 2 aromatic heterocycles. The van der Waals surface area contributed by atoms with Gasteiger partial charge in [-0.25, -0.2) is 4.98 Å². The van der Waals surface area contributed by atoms with Gasteiger partial charge in [0.1, 0.15) is 0 Å². The standard InChI is InChI=1S/C22H19N3O.C2H4O2.C2H6/c1-14(23)15-7-9-17(10-8-15)21-18(16-5-3-2-4-6-16)13-19-20(25-21)11-12-24-22(19)26;1-2(3)4;1-2/h2-14H,23H2,1H3,(H,24,26);1H3,(H,3,4);1-2H3. The Morgan fingerprint density at radius 3 is 2.16 bits per heavy atom. The predicted octanol–water partition coefficient (Wildman–Crippen LogP) is 5.39. The summed E-state index contributed by atoms with van der Waals surface area (Å²) in [6.45, 7) is 7.05. The predicted molar refractivity (Wildman–Crippen MR) is 130 cm³/mol. The fourth-order valence-electron chi connectivity index (χ4n) is 3.11. The molecule has 166 valence electrons. The van der Waals surface area contributed by atoms with Crippen LogP contribution in [0.3, 0.4) is 0 Å². The summed E-state index contributed by atoms with van der Waals surface area (Å²) < 4.78 is 0. The summed E-state index contributed by atoms with van der Waals surface area (Å²) >= 11 is 0.